The molecule has 2 nitrogen and oxygen atoms in total. The Hall–Kier alpha value is -0.930. The van der Waals surface area contributed by atoms with Gasteiger partial charge in [-0.1, -0.05) is 26.0 Å². The molecule has 2 N–H and O–H groups in total. The lowest BCUT2D eigenvalue weighted by Gasteiger charge is -2.17. The van der Waals surface area contributed by atoms with Gasteiger partial charge in [0.1, 0.15) is 5.82 Å². The van der Waals surface area contributed by atoms with Crippen molar-refractivity contribution < 1.29 is 9.50 Å². The molecule has 1 aromatic carbocycles. The second-order valence-electron chi connectivity index (χ2n) is 5.30. The van der Waals surface area contributed by atoms with Crippen molar-refractivity contribution in [3.05, 3.63) is 35.6 Å². The van der Waals surface area contributed by atoms with Gasteiger partial charge in [-0.15, -0.1) is 0 Å². The average Bonchev–Trinajstić information content (AvgIpc) is 2.28. The van der Waals surface area contributed by atoms with Crippen LogP contribution in [-0.4, -0.2) is 24.3 Å². The van der Waals surface area contributed by atoms with Crippen LogP contribution in [0.25, 0.3) is 0 Å². The third-order valence-corrected chi connectivity index (χ3v) is 3.13. The molecule has 0 aromatic heterocycles. The maximum absolute atomic E-state index is 12.8. The first kappa shape index (κ1) is 15.1. The highest BCUT2D eigenvalue weighted by molar-refractivity contribution is 5.20. The largest absolute Gasteiger partial charge is 0.393 e. The van der Waals surface area contributed by atoms with Crippen LogP contribution >= 0.6 is 0 Å². The van der Waals surface area contributed by atoms with E-state index in [0.29, 0.717) is 11.8 Å². The minimum atomic E-state index is -0.240. The summed E-state index contributed by atoms with van der Waals surface area (Å²) in [6.45, 7) is 7.84. The van der Waals surface area contributed by atoms with Gasteiger partial charge in [-0.25, -0.2) is 4.39 Å². The highest BCUT2D eigenvalue weighted by Crippen LogP contribution is 2.14. The minimum Gasteiger partial charge on any atom is -0.393 e. The fourth-order valence-electron chi connectivity index (χ4n) is 2.12. The van der Waals surface area contributed by atoms with Crippen molar-refractivity contribution in [1.82, 2.24) is 5.32 Å². The third kappa shape index (κ3) is 5.61. The van der Waals surface area contributed by atoms with Crippen molar-refractivity contribution in [3.8, 4) is 0 Å². The summed E-state index contributed by atoms with van der Waals surface area (Å²) in [5.41, 5.74) is 1.15. The van der Waals surface area contributed by atoms with Gasteiger partial charge in [-0.2, -0.15) is 0 Å². The van der Waals surface area contributed by atoms with Gasteiger partial charge in [-0.3, -0.25) is 0 Å². The zero-order valence-electron chi connectivity index (χ0n) is 11.5. The topological polar surface area (TPSA) is 32.3 Å². The molecule has 1 aromatic rings. The second kappa shape index (κ2) is 7.49. The van der Waals surface area contributed by atoms with Gasteiger partial charge in [0.25, 0.3) is 0 Å². The molecule has 3 heteroatoms. The van der Waals surface area contributed by atoms with E-state index in [-0.39, 0.29) is 11.9 Å². The third-order valence-electron chi connectivity index (χ3n) is 3.13. The maximum atomic E-state index is 12.8. The molecule has 3 atom stereocenters. The van der Waals surface area contributed by atoms with E-state index in [1.807, 2.05) is 19.1 Å². The van der Waals surface area contributed by atoms with E-state index in [1.165, 1.54) is 12.1 Å². The quantitative estimate of drug-likeness (QED) is 0.783. The zero-order valence-corrected chi connectivity index (χ0v) is 11.5. The van der Waals surface area contributed by atoms with Gasteiger partial charge in [0, 0.05) is 6.54 Å². The smallest absolute Gasteiger partial charge is 0.123 e. The van der Waals surface area contributed by atoms with Crippen LogP contribution in [-0.2, 0) is 0 Å². The minimum absolute atomic E-state index is 0.190. The van der Waals surface area contributed by atoms with E-state index < -0.39 is 0 Å². The molecule has 0 aliphatic heterocycles. The van der Waals surface area contributed by atoms with Crippen molar-refractivity contribution in [2.24, 2.45) is 5.92 Å². The van der Waals surface area contributed by atoms with E-state index >= 15 is 0 Å². The van der Waals surface area contributed by atoms with Crippen LogP contribution in [0.1, 0.15) is 38.7 Å². The highest BCUT2D eigenvalue weighted by Gasteiger charge is 2.08. The number of aliphatic hydroxyl groups is 1. The van der Waals surface area contributed by atoms with E-state index in [1.54, 1.807) is 0 Å². The monoisotopic (exact) mass is 253 g/mol. The lowest BCUT2D eigenvalue weighted by Crippen LogP contribution is -2.26. The van der Waals surface area contributed by atoms with Crippen LogP contribution in [0.4, 0.5) is 4.39 Å². The van der Waals surface area contributed by atoms with Gasteiger partial charge < -0.3 is 10.4 Å². The number of halogens is 1. The molecule has 3 unspecified atom stereocenters. The number of nitrogens with one attached hydrogen (secondary N) is 1. The van der Waals surface area contributed by atoms with Gasteiger partial charge in [-0.05, 0) is 49.4 Å². The Morgan fingerprint density at radius 3 is 2.28 bits per heavy atom. The summed E-state index contributed by atoms with van der Waals surface area (Å²) in [5, 5.41) is 12.7. The van der Waals surface area contributed by atoms with Crippen LogP contribution in [0, 0.1) is 11.7 Å². The normalized spacial score (nSPS) is 16.3. The molecule has 0 spiro atoms. The molecule has 0 aliphatic rings. The molecule has 0 amide bonds. The number of hydrogen-bond donors (Lipinski definition) is 2. The molecule has 1 rings (SSSR count). The second-order valence-corrected chi connectivity index (χ2v) is 5.30. The molecule has 18 heavy (non-hydrogen) atoms. The van der Waals surface area contributed by atoms with Gasteiger partial charge in [0.2, 0.25) is 0 Å². The molecule has 0 radical (unpaired) electrons. The number of benzene rings is 1. The van der Waals surface area contributed by atoms with Crippen molar-refractivity contribution in [2.45, 2.75) is 39.2 Å². The summed E-state index contributed by atoms with van der Waals surface area (Å²) in [5.74, 6) is 0.638. The summed E-state index contributed by atoms with van der Waals surface area (Å²) in [6, 6.07) is 6.67. The standard InChI is InChI=1S/C15H24FNO/c1-11(8-13(3)18)9-17-10-12(2)14-4-6-15(16)7-5-14/h4-7,11-13,17-18H,8-10H2,1-3H3. The highest BCUT2D eigenvalue weighted by atomic mass is 19.1. The lowest BCUT2D eigenvalue weighted by molar-refractivity contribution is 0.163. The average molecular weight is 253 g/mol. The summed E-state index contributed by atoms with van der Waals surface area (Å²) < 4.78 is 12.8. The molecule has 0 fully saturated rings. The molecule has 0 saturated heterocycles. The Bertz CT molecular complexity index is 337. The fourth-order valence-corrected chi connectivity index (χ4v) is 2.12. The number of aliphatic hydroxyl groups excluding tert-OH is 1. The first-order chi connectivity index (χ1) is 8.49. The first-order valence-corrected chi connectivity index (χ1v) is 6.63. The molecule has 0 heterocycles. The number of hydrogen-bond acceptors (Lipinski definition) is 2. The van der Waals surface area contributed by atoms with E-state index in [4.69, 9.17) is 0 Å². The summed E-state index contributed by atoms with van der Waals surface area (Å²) >= 11 is 0. The van der Waals surface area contributed by atoms with Gasteiger partial charge in [0.15, 0.2) is 0 Å². The Kier molecular flexibility index (Phi) is 6.30. The maximum Gasteiger partial charge on any atom is 0.123 e. The van der Waals surface area contributed by atoms with Crippen LogP contribution in [0.2, 0.25) is 0 Å². The molecular weight excluding hydrogens is 229 g/mol. The predicted octanol–water partition coefficient (Wildman–Crippen LogP) is 2.93. The SMILES string of the molecule is CC(O)CC(C)CNCC(C)c1ccc(F)cc1. The summed E-state index contributed by atoms with van der Waals surface area (Å²) in [7, 11) is 0. The van der Waals surface area contributed by atoms with Crippen LogP contribution in [0.15, 0.2) is 24.3 Å². The Labute approximate surface area is 109 Å². The molecule has 0 bridgehead atoms. The van der Waals surface area contributed by atoms with E-state index in [2.05, 4.69) is 19.2 Å². The summed E-state index contributed by atoms with van der Waals surface area (Å²) in [4.78, 5) is 0. The Balaban J connectivity index is 2.28. The molecule has 0 saturated carbocycles. The predicted molar refractivity (Wildman–Crippen MR) is 73.1 cm³/mol. The Morgan fingerprint density at radius 2 is 1.72 bits per heavy atom. The van der Waals surface area contributed by atoms with Crippen molar-refractivity contribution in [2.75, 3.05) is 13.1 Å². The first-order valence-electron chi connectivity index (χ1n) is 6.63. The van der Waals surface area contributed by atoms with Gasteiger partial charge in [0.05, 0.1) is 6.10 Å². The Morgan fingerprint density at radius 1 is 1.11 bits per heavy atom. The van der Waals surface area contributed by atoms with Crippen LogP contribution < -0.4 is 5.32 Å². The van der Waals surface area contributed by atoms with Crippen molar-refractivity contribution in [3.63, 3.8) is 0 Å². The van der Waals surface area contributed by atoms with Crippen LogP contribution in [0.3, 0.4) is 0 Å². The van der Waals surface area contributed by atoms with Crippen molar-refractivity contribution >= 4 is 0 Å². The van der Waals surface area contributed by atoms with Gasteiger partial charge >= 0.3 is 0 Å². The van der Waals surface area contributed by atoms with Crippen LogP contribution in [0.5, 0.6) is 0 Å². The van der Waals surface area contributed by atoms with E-state index in [0.717, 1.165) is 25.1 Å². The molecular formula is C15H24FNO. The van der Waals surface area contributed by atoms with E-state index in [9.17, 15) is 9.50 Å². The lowest BCUT2D eigenvalue weighted by atomic mass is 10.0. The zero-order chi connectivity index (χ0) is 13.5. The number of rotatable bonds is 7. The van der Waals surface area contributed by atoms with Crippen molar-refractivity contribution in [1.29, 1.82) is 0 Å². The molecule has 0 aliphatic carbocycles. The summed E-state index contributed by atoms with van der Waals surface area (Å²) in [6.07, 6.45) is 0.578. The molecule has 102 valence electrons. The fraction of sp³-hybridized carbons (Fsp3) is 0.600.